The zero-order chi connectivity index (χ0) is 17.2. The van der Waals surface area contributed by atoms with Crippen LogP contribution in [-0.2, 0) is 4.74 Å². The maximum Gasteiger partial charge on any atom is 0.410 e. The van der Waals surface area contributed by atoms with Crippen molar-refractivity contribution < 1.29 is 14.5 Å². The Morgan fingerprint density at radius 2 is 2.09 bits per heavy atom. The van der Waals surface area contributed by atoms with E-state index in [0.717, 1.165) is 5.69 Å². The van der Waals surface area contributed by atoms with Crippen LogP contribution in [0.4, 0.5) is 16.3 Å². The van der Waals surface area contributed by atoms with E-state index in [2.05, 4.69) is 9.88 Å². The molecule has 1 aromatic heterocycles. The number of aromatic nitrogens is 1. The number of piperazine rings is 1. The van der Waals surface area contributed by atoms with Gasteiger partial charge in [0.25, 0.3) is 0 Å². The minimum Gasteiger partial charge on any atom is -0.444 e. The van der Waals surface area contributed by atoms with Gasteiger partial charge in [0.05, 0.1) is 5.69 Å². The number of ether oxygens (including phenoxy) is 1. The number of carbonyl (C=O) groups is 1. The van der Waals surface area contributed by atoms with E-state index in [-0.39, 0.29) is 18.0 Å². The van der Waals surface area contributed by atoms with Gasteiger partial charge in [-0.05, 0) is 43.7 Å². The molecule has 1 saturated heterocycles. The van der Waals surface area contributed by atoms with E-state index in [0.29, 0.717) is 19.6 Å². The fourth-order valence-electron chi connectivity index (χ4n) is 2.49. The van der Waals surface area contributed by atoms with Gasteiger partial charge in [0, 0.05) is 31.7 Å². The van der Waals surface area contributed by atoms with Crippen LogP contribution >= 0.6 is 0 Å². The summed E-state index contributed by atoms with van der Waals surface area (Å²) in [7, 11) is 0. The zero-order valence-corrected chi connectivity index (χ0v) is 13.9. The highest BCUT2D eigenvalue weighted by Gasteiger charge is 2.30. The normalized spacial score (nSPS) is 18.7. The van der Waals surface area contributed by atoms with E-state index in [1.54, 1.807) is 11.0 Å². The lowest BCUT2D eigenvalue weighted by Crippen LogP contribution is -2.54. The second-order valence-corrected chi connectivity index (χ2v) is 6.60. The van der Waals surface area contributed by atoms with Crippen LogP contribution in [0.1, 0.15) is 27.7 Å². The highest BCUT2D eigenvalue weighted by molar-refractivity contribution is 5.68. The topological polar surface area (TPSA) is 88.8 Å². The fraction of sp³-hybridized carbons (Fsp3) is 0.600. The van der Waals surface area contributed by atoms with Gasteiger partial charge in [0.2, 0.25) is 0 Å². The van der Waals surface area contributed by atoms with Gasteiger partial charge in [0.1, 0.15) is 5.60 Å². The first-order valence-electron chi connectivity index (χ1n) is 7.52. The van der Waals surface area contributed by atoms with Crippen molar-refractivity contribution in [2.24, 2.45) is 0 Å². The molecule has 1 aliphatic heterocycles. The summed E-state index contributed by atoms with van der Waals surface area (Å²) >= 11 is 0. The first-order chi connectivity index (χ1) is 10.7. The summed E-state index contributed by atoms with van der Waals surface area (Å²) in [4.78, 5) is 29.9. The van der Waals surface area contributed by atoms with Crippen molar-refractivity contribution in [2.75, 3.05) is 24.5 Å². The third-order valence-corrected chi connectivity index (χ3v) is 3.53. The first-order valence-corrected chi connectivity index (χ1v) is 7.52. The van der Waals surface area contributed by atoms with E-state index >= 15 is 0 Å². The summed E-state index contributed by atoms with van der Waals surface area (Å²) in [5.74, 6) is -0.172. The number of pyridine rings is 1. The summed E-state index contributed by atoms with van der Waals surface area (Å²) in [6.45, 7) is 9.22. The number of rotatable bonds is 2. The second-order valence-electron chi connectivity index (χ2n) is 6.60. The standard InChI is InChI=1S/C15H22N4O4/c1-11-10-17(14(20)23-15(2,3)4)7-8-18(11)12-5-6-13(16-9-12)19(21)22/h5-6,9,11H,7-8,10H2,1-4H3/t11-/m1/s1. The molecule has 1 fully saturated rings. The molecule has 0 aliphatic carbocycles. The van der Waals surface area contributed by atoms with Crippen LogP contribution in [0.5, 0.6) is 0 Å². The molecule has 2 rings (SSSR count). The molecular formula is C15H22N4O4. The van der Waals surface area contributed by atoms with Crippen molar-refractivity contribution in [3.63, 3.8) is 0 Å². The molecule has 1 amide bonds. The number of hydrogen-bond donors (Lipinski definition) is 0. The molecule has 8 heteroatoms. The SMILES string of the molecule is C[C@@H]1CN(C(=O)OC(C)(C)C)CCN1c1ccc([N+](=O)[O-])nc1. The van der Waals surface area contributed by atoms with Crippen LogP contribution in [-0.4, -0.2) is 52.2 Å². The van der Waals surface area contributed by atoms with Gasteiger partial charge < -0.3 is 24.7 Å². The Balaban J connectivity index is 2.01. The molecular weight excluding hydrogens is 300 g/mol. The maximum atomic E-state index is 12.1. The molecule has 1 atom stereocenters. The lowest BCUT2D eigenvalue weighted by atomic mass is 10.1. The monoisotopic (exact) mass is 322 g/mol. The Hall–Kier alpha value is -2.38. The number of carbonyl (C=O) groups excluding carboxylic acids is 1. The molecule has 0 radical (unpaired) electrons. The lowest BCUT2D eigenvalue weighted by Gasteiger charge is -2.40. The highest BCUT2D eigenvalue weighted by Crippen LogP contribution is 2.22. The van der Waals surface area contributed by atoms with E-state index in [4.69, 9.17) is 4.74 Å². The van der Waals surface area contributed by atoms with Gasteiger partial charge in [-0.1, -0.05) is 0 Å². The molecule has 0 unspecified atom stereocenters. The Morgan fingerprint density at radius 1 is 1.39 bits per heavy atom. The number of anilines is 1. The molecule has 2 heterocycles. The quantitative estimate of drug-likeness (QED) is 0.614. The Morgan fingerprint density at radius 3 is 2.57 bits per heavy atom. The largest absolute Gasteiger partial charge is 0.444 e. The molecule has 23 heavy (non-hydrogen) atoms. The lowest BCUT2D eigenvalue weighted by molar-refractivity contribution is -0.389. The molecule has 8 nitrogen and oxygen atoms in total. The molecule has 126 valence electrons. The van der Waals surface area contributed by atoms with E-state index < -0.39 is 10.5 Å². The van der Waals surface area contributed by atoms with Crippen LogP contribution < -0.4 is 4.90 Å². The van der Waals surface area contributed by atoms with E-state index in [9.17, 15) is 14.9 Å². The molecule has 0 saturated carbocycles. The summed E-state index contributed by atoms with van der Waals surface area (Å²) in [5.41, 5.74) is 0.298. The van der Waals surface area contributed by atoms with Crippen LogP contribution in [0.3, 0.4) is 0 Å². The third kappa shape index (κ3) is 4.30. The van der Waals surface area contributed by atoms with Crippen molar-refractivity contribution in [3.8, 4) is 0 Å². The predicted octanol–water partition coefficient (Wildman–Crippen LogP) is 2.44. The van der Waals surface area contributed by atoms with Crippen LogP contribution in [0.2, 0.25) is 0 Å². The Bertz CT molecular complexity index is 582. The first kappa shape index (κ1) is 17.0. The Kier molecular flexibility index (Phi) is 4.72. The highest BCUT2D eigenvalue weighted by atomic mass is 16.6. The van der Waals surface area contributed by atoms with Gasteiger partial charge in [-0.3, -0.25) is 0 Å². The van der Waals surface area contributed by atoms with Gasteiger partial charge in [-0.25, -0.2) is 4.79 Å². The minimum atomic E-state index is -0.520. The molecule has 1 aliphatic rings. The average molecular weight is 322 g/mol. The van der Waals surface area contributed by atoms with E-state index in [1.165, 1.54) is 12.3 Å². The van der Waals surface area contributed by atoms with Gasteiger partial charge in [-0.2, -0.15) is 0 Å². The zero-order valence-electron chi connectivity index (χ0n) is 13.9. The Labute approximate surface area is 135 Å². The van der Waals surface area contributed by atoms with Gasteiger partial charge in [0.15, 0.2) is 6.20 Å². The summed E-state index contributed by atoms with van der Waals surface area (Å²) in [6.07, 6.45) is 1.18. The predicted molar refractivity (Wildman–Crippen MR) is 85.5 cm³/mol. The maximum absolute atomic E-state index is 12.1. The second kappa shape index (κ2) is 6.39. The average Bonchev–Trinajstić information content (AvgIpc) is 2.45. The van der Waals surface area contributed by atoms with Crippen molar-refractivity contribution in [1.82, 2.24) is 9.88 Å². The number of hydrogen-bond acceptors (Lipinski definition) is 6. The third-order valence-electron chi connectivity index (χ3n) is 3.53. The van der Waals surface area contributed by atoms with Crippen LogP contribution in [0, 0.1) is 10.1 Å². The smallest absolute Gasteiger partial charge is 0.410 e. The molecule has 0 N–H and O–H groups in total. The van der Waals surface area contributed by atoms with Crippen LogP contribution in [0.25, 0.3) is 0 Å². The number of nitro groups is 1. The molecule has 0 bridgehead atoms. The molecule has 1 aromatic rings. The van der Waals surface area contributed by atoms with Gasteiger partial charge in [-0.15, -0.1) is 0 Å². The van der Waals surface area contributed by atoms with E-state index in [1.807, 2.05) is 27.7 Å². The fourth-order valence-corrected chi connectivity index (χ4v) is 2.49. The minimum absolute atomic E-state index is 0.0690. The number of amides is 1. The summed E-state index contributed by atoms with van der Waals surface area (Å²) in [5, 5.41) is 10.7. The van der Waals surface area contributed by atoms with Crippen molar-refractivity contribution in [1.29, 1.82) is 0 Å². The van der Waals surface area contributed by atoms with Gasteiger partial charge >= 0.3 is 11.9 Å². The number of nitrogens with zero attached hydrogens (tertiary/aromatic N) is 4. The van der Waals surface area contributed by atoms with Crippen LogP contribution in [0.15, 0.2) is 18.3 Å². The molecule has 0 aromatic carbocycles. The van der Waals surface area contributed by atoms with Crippen molar-refractivity contribution in [3.05, 3.63) is 28.4 Å². The summed E-state index contributed by atoms with van der Waals surface area (Å²) < 4.78 is 5.39. The van der Waals surface area contributed by atoms with Crippen molar-refractivity contribution in [2.45, 2.75) is 39.3 Å². The van der Waals surface area contributed by atoms with Crippen molar-refractivity contribution >= 4 is 17.6 Å². The molecule has 0 spiro atoms. The summed E-state index contributed by atoms with van der Waals surface area (Å²) in [6, 6.07) is 3.15.